The number of fused-ring (bicyclic) bond motifs is 2. The molecule has 8 heteroatoms. The second kappa shape index (κ2) is 7.60. The lowest BCUT2D eigenvalue weighted by Gasteiger charge is -2.38. The van der Waals surface area contributed by atoms with Crippen molar-refractivity contribution in [1.29, 1.82) is 0 Å². The van der Waals surface area contributed by atoms with Gasteiger partial charge in [0.25, 0.3) is 5.91 Å². The van der Waals surface area contributed by atoms with Crippen molar-refractivity contribution in [1.82, 2.24) is 10.2 Å². The minimum absolute atomic E-state index is 0.0390. The molecule has 1 spiro atoms. The Labute approximate surface area is 182 Å². The Bertz CT molecular complexity index is 1020. The molecule has 31 heavy (non-hydrogen) atoms. The first kappa shape index (κ1) is 21.2. The summed E-state index contributed by atoms with van der Waals surface area (Å²) < 4.78 is 12.2. The molecule has 0 bridgehead atoms. The monoisotopic (exact) mass is 424 g/mol. The Hall–Kier alpha value is -3.00. The second-order valence-corrected chi connectivity index (χ2v) is 8.57. The largest absolute Gasteiger partial charge is 0.424 e. The molecule has 2 aliphatic heterocycles. The van der Waals surface area contributed by atoms with Crippen molar-refractivity contribution >= 4 is 24.7 Å². The van der Waals surface area contributed by atoms with Gasteiger partial charge in [-0.15, -0.1) is 0 Å². The van der Waals surface area contributed by atoms with Crippen LogP contribution in [0.1, 0.15) is 63.1 Å². The minimum Gasteiger partial charge on any atom is -0.424 e. The molecule has 2 fully saturated rings. The molecule has 4 rings (SSSR count). The number of imide groups is 1. The van der Waals surface area contributed by atoms with E-state index in [4.69, 9.17) is 9.47 Å². The molecule has 1 aromatic carbocycles. The van der Waals surface area contributed by atoms with E-state index >= 15 is 0 Å². The summed E-state index contributed by atoms with van der Waals surface area (Å²) in [6.07, 6.45) is 4.95. The normalized spacial score (nSPS) is 24.8. The third-order valence-electron chi connectivity index (χ3n) is 6.64. The number of rotatable bonds is 4. The molecule has 1 aromatic rings. The predicted octanol–water partition coefficient (Wildman–Crippen LogP) is 3.92. The summed E-state index contributed by atoms with van der Waals surface area (Å²) in [4.78, 5) is 34.2. The van der Waals surface area contributed by atoms with E-state index in [1.165, 1.54) is 11.8 Å². The molecule has 0 radical (unpaired) electrons. The van der Waals surface area contributed by atoms with Crippen LogP contribution in [0.15, 0.2) is 34.0 Å². The number of allylic oxidation sites excluding steroid dienone is 1. The number of aryl methyl sites for hydroxylation is 1. The van der Waals surface area contributed by atoms with E-state index in [-0.39, 0.29) is 17.5 Å². The molecule has 1 aliphatic carbocycles. The molecule has 1 N–H and O–H groups in total. The summed E-state index contributed by atoms with van der Waals surface area (Å²) >= 11 is 0. The topological polar surface area (TPSA) is 92.6 Å². The number of carbonyl (C=O) groups is 2. The first-order valence-electron chi connectivity index (χ1n) is 10.6. The van der Waals surface area contributed by atoms with Crippen LogP contribution in [-0.2, 0) is 21.7 Å². The first-order chi connectivity index (χ1) is 14.7. The standard InChI is InChI=1S/C23H28N4O4/c1-6-22(4)19(28)27(21(29)26-22)15(3)12-25-20(24-5)31-17-9-8-14(2)16-13-30-23(18(16)17)10-7-11-23/h8-9,12H,5-7,10-11,13H2,1-4H3,(H,26,29)/b15-12+,25-20?/t22-/m1/s1. The maximum absolute atomic E-state index is 12.7. The minimum atomic E-state index is -0.911. The highest BCUT2D eigenvalue weighted by Gasteiger charge is 2.48. The van der Waals surface area contributed by atoms with Crippen LogP contribution >= 0.6 is 0 Å². The first-order valence-corrected chi connectivity index (χ1v) is 10.6. The average molecular weight is 425 g/mol. The summed E-state index contributed by atoms with van der Waals surface area (Å²) in [6.45, 7) is 11.4. The Morgan fingerprint density at radius 1 is 1.39 bits per heavy atom. The van der Waals surface area contributed by atoms with Gasteiger partial charge < -0.3 is 14.8 Å². The zero-order valence-corrected chi connectivity index (χ0v) is 18.4. The second-order valence-electron chi connectivity index (χ2n) is 8.57. The molecule has 1 saturated carbocycles. The quantitative estimate of drug-likeness (QED) is 0.450. The van der Waals surface area contributed by atoms with E-state index in [9.17, 15) is 9.59 Å². The summed E-state index contributed by atoms with van der Waals surface area (Å²) in [5.74, 6) is 0.349. The van der Waals surface area contributed by atoms with Gasteiger partial charge in [0.05, 0.1) is 18.4 Å². The highest BCUT2D eigenvalue weighted by atomic mass is 16.5. The molecule has 3 amide bonds. The van der Waals surface area contributed by atoms with Gasteiger partial charge in [-0.05, 0) is 70.4 Å². The van der Waals surface area contributed by atoms with Gasteiger partial charge in [0.15, 0.2) is 0 Å². The van der Waals surface area contributed by atoms with Gasteiger partial charge in [-0.1, -0.05) is 13.0 Å². The molecule has 3 aliphatic rings. The number of ether oxygens (including phenoxy) is 2. The number of benzene rings is 1. The van der Waals surface area contributed by atoms with E-state index in [0.717, 1.165) is 35.3 Å². The Kier molecular flexibility index (Phi) is 5.21. The Balaban J connectivity index is 1.60. The van der Waals surface area contributed by atoms with Crippen molar-refractivity contribution in [2.24, 2.45) is 9.98 Å². The third kappa shape index (κ3) is 3.35. The van der Waals surface area contributed by atoms with Crippen molar-refractivity contribution in [2.45, 2.75) is 71.1 Å². The van der Waals surface area contributed by atoms with Gasteiger partial charge in [0.1, 0.15) is 11.3 Å². The predicted molar refractivity (Wildman–Crippen MR) is 117 cm³/mol. The third-order valence-corrected chi connectivity index (χ3v) is 6.64. The number of amidine groups is 1. The fourth-order valence-corrected chi connectivity index (χ4v) is 4.32. The van der Waals surface area contributed by atoms with Crippen molar-refractivity contribution in [3.8, 4) is 5.75 Å². The van der Waals surface area contributed by atoms with Crippen LogP contribution in [0.3, 0.4) is 0 Å². The number of hydrogen-bond acceptors (Lipinski definition) is 5. The lowest BCUT2D eigenvalue weighted by atomic mass is 9.74. The molecule has 1 saturated heterocycles. The van der Waals surface area contributed by atoms with Gasteiger partial charge >= 0.3 is 12.1 Å². The van der Waals surface area contributed by atoms with Crippen LogP contribution < -0.4 is 10.1 Å². The fraction of sp³-hybridized carbons (Fsp3) is 0.478. The summed E-state index contributed by atoms with van der Waals surface area (Å²) in [7, 11) is 0. The molecular weight excluding hydrogens is 396 g/mol. The lowest BCUT2D eigenvalue weighted by molar-refractivity contribution is -0.129. The van der Waals surface area contributed by atoms with Gasteiger partial charge in [0, 0.05) is 11.3 Å². The molecule has 1 atom stereocenters. The number of carbonyl (C=O) groups excluding carboxylic acids is 2. The number of amides is 3. The highest BCUT2D eigenvalue weighted by Crippen LogP contribution is 2.54. The average Bonchev–Trinajstić information content (AvgIpc) is 3.24. The highest BCUT2D eigenvalue weighted by molar-refractivity contribution is 6.08. The zero-order valence-electron chi connectivity index (χ0n) is 18.4. The molecule has 2 heterocycles. The Morgan fingerprint density at radius 2 is 2.13 bits per heavy atom. The van der Waals surface area contributed by atoms with Crippen molar-refractivity contribution in [3.63, 3.8) is 0 Å². The van der Waals surface area contributed by atoms with Crippen LogP contribution in [0.25, 0.3) is 0 Å². The van der Waals surface area contributed by atoms with Crippen molar-refractivity contribution in [2.75, 3.05) is 0 Å². The fourth-order valence-electron chi connectivity index (χ4n) is 4.32. The zero-order chi connectivity index (χ0) is 22.4. The number of urea groups is 1. The van der Waals surface area contributed by atoms with E-state index in [1.54, 1.807) is 13.8 Å². The van der Waals surface area contributed by atoms with E-state index in [1.807, 2.05) is 19.1 Å². The maximum atomic E-state index is 12.7. The van der Waals surface area contributed by atoms with Crippen molar-refractivity contribution in [3.05, 3.63) is 40.7 Å². The molecule has 0 unspecified atom stereocenters. The molecule has 8 nitrogen and oxygen atoms in total. The van der Waals surface area contributed by atoms with Gasteiger partial charge in [-0.2, -0.15) is 0 Å². The number of hydrogen-bond donors (Lipinski definition) is 1. The van der Waals surface area contributed by atoms with E-state index < -0.39 is 11.6 Å². The number of nitrogens with zero attached hydrogens (tertiary/aromatic N) is 3. The Morgan fingerprint density at radius 3 is 2.71 bits per heavy atom. The van der Waals surface area contributed by atoms with Crippen molar-refractivity contribution < 1.29 is 19.1 Å². The number of aliphatic imine (C=N–C) groups is 2. The van der Waals surface area contributed by atoms with Crippen LogP contribution in [0.4, 0.5) is 4.79 Å². The van der Waals surface area contributed by atoms with Crippen LogP contribution in [0.2, 0.25) is 0 Å². The summed E-state index contributed by atoms with van der Waals surface area (Å²) in [6, 6.07) is 3.48. The van der Waals surface area contributed by atoms with Gasteiger partial charge in [-0.25, -0.2) is 19.7 Å². The van der Waals surface area contributed by atoms with E-state index in [0.29, 0.717) is 24.5 Å². The summed E-state index contributed by atoms with van der Waals surface area (Å²) in [5.41, 5.74) is 2.58. The number of nitrogens with one attached hydrogen (secondary N) is 1. The maximum Gasteiger partial charge on any atom is 0.329 e. The lowest BCUT2D eigenvalue weighted by Crippen LogP contribution is -2.42. The van der Waals surface area contributed by atoms with Gasteiger partial charge in [0.2, 0.25) is 0 Å². The van der Waals surface area contributed by atoms with Crippen LogP contribution in [-0.4, -0.2) is 35.1 Å². The SMILES string of the molecule is C=NC(=N/C=C(\C)N1C(=O)N[C@](C)(CC)C1=O)Oc1ccc(C)c2c1C1(CCC1)OC2. The summed E-state index contributed by atoms with van der Waals surface area (Å²) in [5, 5.41) is 2.72. The van der Waals surface area contributed by atoms with Crippen LogP contribution in [0.5, 0.6) is 5.75 Å². The molecular formula is C23H28N4O4. The van der Waals surface area contributed by atoms with Crippen LogP contribution in [0, 0.1) is 6.92 Å². The molecule has 164 valence electrons. The molecule has 0 aromatic heterocycles. The smallest absolute Gasteiger partial charge is 0.329 e. The van der Waals surface area contributed by atoms with E-state index in [2.05, 4.69) is 28.9 Å². The van der Waals surface area contributed by atoms with Gasteiger partial charge in [-0.3, -0.25) is 4.79 Å².